The maximum atomic E-state index is 13.9. The quantitative estimate of drug-likeness (QED) is 0.687. The SMILES string of the molecule is Cc1cc(F)c2c(c1)COCC2C(C)C. The molecule has 1 aromatic rings. The second-order valence-electron chi connectivity index (χ2n) is 4.69. The standard InChI is InChI=1S/C13H17FO/c1-8(2)11-7-15-6-10-4-9(3)5-12(14)13(10)11/h4-5,8,11H,6-7H2,1-3H3. The summed E-state index contributed by atoms with van der Waals surface area (Å²) in [6.07, 6.45) is 0. The number of aryl methyl sites for hydroxylation is 1. The molecule has 1 unspecified atom stereocenters. The summed E-state index contributed by atoms with van der Waals surface area (Å²) in [6, 6.07) is 3.66. The summed E-state index contributed by atoms with van der Waals surface area (Å²) < 4.78 is 19.4. The lowest BCUT2D eigenvalue weighted by Gasteiger charge is -2.29. The highest BCUT2D eigenvalue weighted by molar-refractivity contribution is 5.36. The Balaban J connectivity index is 2.51. The number of rotatable bonds is 1. The molecule has 0 amide bonds. The highest BCUT2D eigenvalue weighted by atomic mass is 19.1. The van der Waals surface area contributed by atoms with Crippen molar-refractivity contribution in [1.29, 1.82) is 0 Å². The zero-order valence-corrected chi connectivity index (χ0v) is 9.51. The Labute approximate surface area is 90.3 Å². The molecule has 1 aliphatic rings. The van der Waals surface area contributed by atoms with Crippen molar-refractivity contribution in [3.63, 3.8) is 0 Å². The summed E-state index contributed by atoms with van der Waals surface area (Å²) in [5.41, 5.74) is 2.87. The molecule has 15 heavy (non-hydrogen) atoms. The van der Waals surface area contributed by atoms with E-state index in [2.05, 4.69) is 13.8 Å². The van der Waals surface area contributed by atoms with E-state index in [1.165, 1.54) is 0 Å². The van der Waals surface area contributed by atoms with E-state index in [-0.39, 0.29) is 11.7 Å². The Morgan fingerprint density at radius 3 is 2.80 bits per heavy atom. The normalized spacial score (nSPS) is 20.5. The van der Waals surface area contributed by atoms with Gasteiger partial charge in [-0.25, -0.2) is 4.39 Å². The summed E-state index contributed by atoms with van der Waals surface area (Å²) in [6.45, 7) is 7.34. The molecule has 2 rings (SSSR count). The van der Waals surface area contributed by atoms with Crippen LogP contribution in [0.5, 0.6) is 0 Å². The van der Waals surface area contributed by atoms with Crippen LogP contribution in [-0.2, 0) is 11.3 Å². The van der Waals surface area contributed by atoms with E-state index >= 15 is 0 Å². The van der Waals surface area contributed by atoms with Crippen molar-refractivity contribution in [2.45, 2.75) is 33.3 Å². The molecule has 1 atom stereocenters. The first-order chi connectivity index (χ1) is 7.09. The third kappa shape index (κ3) is 1.91. The van der Waals surface area contributed by atoms with Crippen molar-refractivity contribution in [3.05, 3.63) is 34.6 Å². The van der Waals surface area contributed by atoms with Crippen LogP contribution in [0.1, 0.15) is 36.5 Å². The molecule has 0 aromatic heterocycles. The minimum absolute atomic E-state index is 0.0630. The third-order valence-corrected chi connectivity index (χ3v) is 3.09. The van der Waals surface area contributed by atoms with Crippen LogP contribution < -0.4 is 0 Å². The number of ether oxygens (including phenoxy) is 1. The lowest BCUT2D eigenvalue weighted by atomic mass is 9.84. The smallest absolute Gasteiger partial charge is 0.127 e. The molecule has 2 heteroatoms. The zero-order valence-electron chi connectivity index (χ0n) is 9.51. The topological polar surface area (TPSA) is 9.23 Å². The van der Waals surface area contributed by atoms with Crippen molar-refractivity contribution >= 4 is 0 Å². The summed E-state index contributed by atoms with van der Waals surface area (Å²) in [5.74, 6) is 0.558. The van der Waals surface area contributed by atoms with Crippen LogP contribution in [0.4, 0.5) is 4.39 Å². The van der Waals surface area contributed by atoms with E-state index in [9.17, 15) is 4.39 Å². The maximum Gasteiger partial charge on any atom is 0.127 e. The Kier molecular flexibility index (Phi) is 2.79. The first-order valence-corrected chi connectivity index (χ1v) is 5.46. The highest BCUT2D eigenvalue weighted by Crippen LogP contribution is 2.34. The van der Waals surface area contributed by atoms with Crippen molar-refractivity contribution < 1.29 is 9.13 Å². The molecular formula is C13H17FO. The van der Waals surface area contributed by atoms with Gasteiger partial charge in [-0.2, -0.15) is 0 Å². The first-order valence-electron chi connectivity index (χ1n) is 5.46. The van der Waals surface area contributed by atoms with Gasteiger partial charge in [-0.3, -0.25) is 0 Å². The number of benzene rings is 1. The van der Waals surface area contributed by atoms with Crippen molar-refractivity contribution in [2.75, 3.05) is 6.61 Å². The van der Waals surface area contributed by atoms with Gasteiger partial charge in [-0.1, -0.05) is 19.9 Å². The largest absolute Gasteiger partial charge is 0.376 e. The number of hydrogen-bond donors (Lipinski definition) is 0. The molecule has 0 aliphatic carbocycles. The fourth-order valence-corrected chi connectivity index (χ4v) is 2.26. The predicted molar refractivity (Wildman–Crippen MR) is 58.4 cm³/mol. The van der Waals surface area contributed by atoms with Gasteiger partial charge in [0, 0.05) is 5.92 Å². The highest BCUT2D eigenvalue weighted by Gasteiger charge is 2.26. The van der Waals surface area contributed by atoms with E-state index in [0.29, 0.717) is 19.1 Å². The fourth-order valence-electron chi connectivity index (χ4n) is 2.26. The predicted octanol–water partition coefficient (Wildman–Crippen LogP) is 3.40. The minimum Gasteiger partial charge on any atom is -0.376 e. The van der Waals surface area contributed by atoms with Crippen molar-refractivity contribution in [2.24, 2.45) is 5.92 Å². The molecule has 82 valence electrons. The van der Waals surface area contributed by atoms with Gasteiger partial charge in [0.2, 0.25) is 0 Å². The molecule has 1 heterocycles. The van der Waals surface area contributed by atoms with Gasteiger partial charge in [-0.05, 0) is 35.6 Å². The molecule has 1 aromatic carbocycles. The molecule has 0 N–H and O–H groups in total. The molecular weight excluding hydrogens is 191 g/mol. The van der Waals surface area contributed by atoms with Crippen molar-refractivity contribution in [1.82, 2.24) is 0 Å². The van der Waals surface area contributed by atoms with Crippen LogP contribution in [0.2, 0.25) is 0 Å². The van der Waals surface area contributed by atoms with Gasteiger partial charge in [0.05, 0.1) is 13.2 Å². The molecule has 0 bridgehead atoms. The van der Waals surface area contributed by atoms with Gasteiger partial charge >= 0.3 is 0 Å². The molecule has 1 aliphatic heterocycles. The zero-order chi connectivity index (χ0) is 11.0. The first kappa shape index (κ1) is 10.6. The molecule has 0 saturated carbocycles. The van der Waals surface area contributed by atoms with Gasteiger partial charge in [0.25, 0.3) is 0 Å². The van der Waals surface area contributed by atoms with Crippen LogP contribution in [0.25, 0.3) is 0 Å². The lowest BCUT2D eigenvalue weighted by Crippen LogP contribution is -2.22. The second kappa shape index (κ2) is 3.93. The number of halogens is 1. The fraction of sp³-hybridized carbons (Fsp3) is 0.538. The Hall–Kier alpha value is -0.890. The molecule has 0 radical (unpaired) electrons. The Morgan fingerprint density at radius 2 is 2.13 bits per heavy atom. The Bertz CT molecular complexity index is 371. The second-order valence-corrected chi connectivity index (χ2v) is 4.69. The van der Waals surface area contributed by atoms with Gasteiger partial charge in [0.15, 0.2) is 0 Å². The van der Waals surface area contributed by atoms with E-state index < -0.39 is 0 Å². The molecule has 0 spiro atoms. The van der Waals surface area contributed by atoms with E-state index in [0.717, 1.165) is 16.7 Å². The monoisotopic (exact) mass is 208 g/mol. The summed E-state index contributed by atoms with van der Waals surface area (Å²) >= 11 is 0. The van der Waals surface area contributed by atoms with Crippen LogP contribution in [0, 0.1) is 18.7 Å². The molecule has 1 nitrogen and oxygen atoms in total. The van der Waals surface area contributed by atoms with Gasteiger partial charge in [-0.15, -0.1) is 0 Å². The summed E-state index contributed by atoms with van der Waals surface area (Å²) in [4.78, 5) is 0. The van der Waals surface area contributed by atoms with E-state index in [1.54, 1.807) is 6.07 Å². The van der Waals surface area contributed by atoms with Crippen molar-refractivity contribution in [3.8, 4) is 0 Å². The Morgan fingerprint density at radius 1 is 1.40 bits per heavy atom. The van der Waals surface area contributed by atoms with Crippen LogP contribution >= 0.6 is 0 Å². The molecule has 0 fully saturated rings. The summed E-state index contributed by atoms with van der Waals surface area (Å²) in [5, 5.41) is 0. The van der Waals surface area contributed by atoms with Crippen LogP contribution in [-0.4, -0.2) is 6.61 Å². The average molecular weight is 208 g/mol. The number of hydrogen-bond acceptors (Lipinski definition) is 1. The summed E-state index contributed by atoms with van der Waals surface area (Å²) in [7, 11) is 0. The third-order valence-electron chi connectivity index (χ3n) is 3.09. The van der Waals surface area contributed by atoms with Gasteiger partial charge in [0.1, 0.15) is 5.82 Å². The van der Waals surface area contributed by atoms with Gasteiger partial charge < -0.3 is 4.74 Å². The van der Waals surface area contributed by atoms with Crippen LogP contribution in [0.15, 0.2) is 12.1 Å². The van der Waals surface area contributed by atoms with E-state index in [4.69, 9.17) is 4.74 Å². The number of fused-ring (bicyclic) bond motifs is 1. The lowest BCUT2D eigenvalue weighted by molar-refractivity contribution is 0.0773. The molecule has 0 saturated heterocycles. The maximum absolute atomic E-state index is 13.9. The van der Waals surface area contributed by atoms with E-state index in [1.807, 2.05) is 13.0 Å². The average Bonchev–Trinajstić information content (AvgIpc) is 2.16. The van der Waals surface area contributed by atoms with Crippen LogP contribution in [0.3, 0.4) is 0 Å². The minimum atomic E-state index is -0.0630.